The van der Waals surface area contributed by atoms with Crippen molar-refractivity contribution >= 4 is 0 Å². The summed E-state index contributed by atoms with van der Waals surface area (Å²) in [6.45, 7) is 0.616. The maximum absolute atomic E-state index is 13.2. The largest absolute Gasteiger partial charge is 0.494 e. The Morgan fingerprint density at radius 2 is 1.85 bits per heavy atom. The first-order valence-corrected chi connectivity index (χ1v) is 6.84. The topological polar surface area (TPSA) is 29.5 Å². The van der Waals surface area contributed by atoms with Gasteiger partial charge in [-0.15, -0.1) is 0 Å². The van der Waals surface area contributed by atoms with Gasteiger partial charge in [-0.05, 0) is 42.7 Å². The molecule has 1 unspecified atom stereocenters. The Morgan fingerprint density at radius 3 is 2.55 bits per heavy atom. The average molecular weight is 274 g/mol. The zero-order valence-corrected chi connectivity index (χ0v) is 11.3. The fraction of sp³-hybridized carbons (Fsp3) is 0.294. The molecule has 0 heterocycles. The summed E-state index contributed by atoms with van der Waals surface area (Å²) in [5.74, 6) is 0.547. The summed E-state index contributed by atoms with van der Waals surface area (Å²) < 4.78 is 18.8. The molecule has 0 fully saturated rings. The molecule has 0 aliphatic carbocycles. The monoisotopic (exact) mass is 274 g/mol. The van der Waals surface area contributed by atoms with Crippen molar-refractivity contribution in [2.24, 2.45) is 0 Å². The number of para-hydroxylation sites is 1. The molecule has 0 bridgehead atoms. The van der Waals surface area contributed by atoms with E-state index in [1.54, 1.807) is 6.07 Å². The molecule has 2 nitrogen and oxygen atoms in total. The lowest BCUT2D eigenvalue weighted by molar-refractivity contribution is 0.243. The molecule has 0 saturated heterocycles. The van der Waals surface area contributed by atoms with E-state index in [1.165, 1.54) is 12.1 Å². The highest BCUT2D eigenvalue weighted by Gasteiger charge is 2.10. The van der Waals surface area contributed by atoms with Crippen LogP contribution in [0.4, 0.5) is 4.39 Å². The van der Waals surface area contributed by atoms with Gasteiger partial charge in [0.05, 0.1) is 6.61 Å². The van der Waals surface area contributed by atoms with Crippen LogP contribution in [0.15, 0.2) is 54.6 Å². The smallest absolute Gasteiger partial charge is 0.123 e. The van der Waals surface area contributed by atoms with Crippen LogP contribution in [0.2, 0.25) is 0 Å². The summed E-state index contributed by atoms with van der Waals surface area (Å²) in [7, 11) is 0. The third kappa shape index (κ3) is 4.35. The van der Waals surface area contributed by atoms with Gasteiger partial charge >= 0.3 is 0 Å². The zero-order chi connectivity index (χ0) is 14.2. The third-order valence-electron chi connectivity index (χ3n) is 3.25. The molecule has 20 heavy (non-hydrogen) atoms. The van der Waals surface area contributed by atoms with Gasteiger partial charge in [0.25, 0.3) is 0 Å². The SMILES string of the molecule is OCC(CCCOc1ccccc1)c1cccc(F)c1. The highest BCUT2D eigenvalue weighted by Crippen LogP contribution is 2.21. The molecule has 0 spiro atoms. The van der Waals surface area contributed by atoms with Crippen molar-refractivity contribution in [1.82, 2.24) is 0 Å². The van der Waals surface area contributed by atoms with Crippen molar-refractivity contribution in [1.29, 1.82) is 0 Å². The standard InChI is InChI=1S/C17H19FO2/c18-16-8-4-6-14(12-16)15(13-19)7-5-11-20-17-9-2-1-3-10-17/h1-4,6,8-10,12,15,19H,5,7,11,13H2. The number of hydrogen-bond acceptors (Lipinski definition) is 2. The second kappa shape index (κ2) is 7.65. The van der Waals surface area contributed by atoms with Crippen molar-refractivity contribution in [2.75, 3.05) is 13.2 Å². The number of ether oxygens (including phenoxy) is 1. The second-order valence-electron chi connectivity index (χ2n) is 4.74. The maximum Gasteiger partial charge on any atom is 0.123 e. The highest BCUT2D eigenvalue weighted by atomic mass is 19.1. The molecule has 1 N–H and O–H groups in total. The van der Waals surface area contributed by atoms with Crippen LogP contribution in [-0.2, 0) is 0 Å². The van der Waals surface area contributed by atoms with Gasteiger partial charge in [0.1, 0.15) is 11.6 Å². The van der Waals surface area contributed by atoms with Gasteiger partial charge in [-0.1, -0.05) is 30.3 Å². The van der Waals surface area contributed by atoms with E-state index >= 15 is 0 Å². The van der Waals surface area contributed by atoms with E-state index in [1.807, 2.05) is 36.4 Å². The first-order valence-electron chi connectivity index (χ1n) is 6.84. The van der Waals surface area contributed by atoms with Crippen LogP contribution in [0.5, 0.6) is 5.75 Å². The van der Waals surface area contributed by atoms with Gasteiger partial charge in [0, 0.05) is 12.5 Å². The second-order valence-corrected chi connectivity index (χ2v) is 4.74. The van der Waals surface area contributed by atoms with E-state index in [0.29, 0.717) is 6.61 Å². The van der Waals surface area contributed by atoms with Gasteiger partial charge in [-0.25, -0.2) is 4.39 Å². The average Bonchev–Trinajstić information content (AvgIpc) is 2.48. The predicted octanol–water partition coefficient (Wildman–Crippen LogP) is 3.76. The summed E-state index contributed by atoms with van der Waals surface area (Å²) in [4.78, 5) is 0. The summed E-state index contributed by atoms with van der Waals surface area (Å²) in [6.07, 6.45) is 1.59. The molecule has 2 rings (SSSR count). The van der Waals surface area contributed by atoms with E-state index in [2.05, 4.69) is 0 Å². The van der Waals surface area contributed by atoms with Gasteiger partial charge in [0.2, 0.25) is 0 Å². The predicted molar refractivity (Wildman–Crippen MR) is 77.4 cm³/mol. The summed E-state index contributed by atoms with van der Waals surface area (Å²) in [5, 5.41) is 9.42. The first kappa shape index (κ1) is 14.5. The number of benzene rings is 2. The van der Waals surface area contributed by atoms with E-state index in [0.717, 1.165) is 24.2 Å². The van der Waals surface area contributed by atoms with E-state index in [4.69, 9.17) is 4.74 Å². The maximum atomic E-state index is 13.2. The number of halogens is 1. The molecule has 106 valence electrons. The fourth-order valence-electron chi connectivity index (χ4n) is 2.16. The normalized spacial score (nSPS) is 12.1. The van der Waals surface area contributed by atoms with Crippen LogP contribution in [0, 0.1) is 5.82 Å². The van der Waals surface area contributed by atoms with Gasteiger partial charge in [0.15, 0.2) is 0 Å². The minimum absolute atomic E-state index is 0.0226. The van der Waals surface area contributed by atoms with Crippen LogP contribution in [0.3, 0.4) is 0 Å². The molecule has 3 heteroatoms. The van der Waals surface area contributed by atoms with E-state index in [-0.39, 0.29) is 18.3 Å². The zero-order valence-electron chi connectivity index (χ0n) is 11.3. The Morgan fingerprint density at radius 1 is 1.05 bits per heavy atom. The summed E-state index contributed by atoms with van der Waals surface area (Å²) >= 11 is 0. The van der Waals surface area contributed by atoms with Crippen molar-refractivity contribution in [3.8, 4) is 5.75 Å². The van der Waals surface area contributed by atoms with Crippen molar-refractivity contribution in [3.63, 3.8) is 0 Å². The molecular formula is C17H19FO2. The molecule has 1 atom stereocenters. The van der Waals surface area contributed by atoms with Gasteiger partial charge < -0.3 is 9.84 Å². The molecule has 2 aromatic carbocycles. The first-order chi connectivity index (χ1) is 9.79. The number of aliphatic hydroxyl groups excluding tert-OH is 1. The lowest BCUT2D eigenvalue weighted by Crippen LogP contribution is -2.07. The molecule has 0 aliphatic heterocycles. The molecule has 0 aliphatic rings. The van der Waals surface area contributed by atoms with Crippen LogP contribution < -0.4 is 4.74 Å². The minimum atomic E-state index is -0.263. The van der Waals surface area contributed by atoms with Gasteiger partial charge in [-0.3, -0.25) is 0 Å². The Hall–Kier alpha value is -1.87. The number of hydrogen-bond donors (Lipinski definition) is 1. The Balaban J connectivity index is 1.80. The Bertz CT molecular complexity index is 513. The van der Waals surface area contributed by atoms with Crippen LogP contribution >= 0.6 is 0 Å². The summed E-state index contributed by atoms with van der Waals surface area (Å²) in [6, 6.07) is 16.0. The van der Waals surface area contributed by atoms with E-state index in [9.17, 15) is 9.50 Å². The summed E-state index contributed by atoms with van der Waals surface area (Å²) in [5.41, 5.74) is 0.840. The van der Waals surface area contributed by atoms with Crippen molar-refractivity contribution in [3.05, 3.63) is 66.0 Å². The molecular weight excluding hydrogens is 255 g/mol. The third-order valence-corrected chi connectivity index (χ3v) is 3.25. The van der Waals surface area contributed by atoms with E-state index < -0.39 is 0 Å². The van der Waals surface area contributed by atoms with Gasteiger partial charge in [-0.2, -0.15) is 0 Å². The minimum Gasteiger partial charge on any atom is -0.494 e. The molecule has 0 radical (unpaired) electrons. The number of rotatable bonds is 7. The fourth-order valence-corrected chi connectivity index (χ4v) is 2.16. The lowest BCUT2D eigenvalue weighted by Gasteiger charge is -2.15. The Labute approximate surface area is 118 Å². The van der Waals surface area contributed by atoms with Crippen molar-refractivity contribution < 1.29 is 14.2 Å². The molecule has 0 saturated carbocycles. The van der Waals surface area contributed by atoms with Crippen LogP contribution in [0.25, 0.3) is 0 Å². The quantitative estimate of drug-likeness (QED) is 0.779. The molecule has 2 aromatic rings. The highest BCUT2D eigenvalue weighted by molar-refractivity contribution is 5.21. The molecule has 0 aromatic heterocycles. The Kier molecular flexibility index (Phi) is 5.56. The lowest BCUT2D eigenvalue weighted by atomic mass is 9.95. The van der Waals surface area contributed by atoms with Crippen LogP contribution in [-0.4, -0.2) is 18.3 Å². The molecule has 0 amide bonds. The number of aliphatic hydroxyl groups is 1. The van der Waals surface area contributed by atoms with Crippen molar-refractivity contribution in [2.45, 2.75) is 18.8 Å². The van der Waals surface area contributed by atoms with Crippen LogP contribution in [0.1, 0.15) is 24.3 Å².